The molecule has 4 aliphatic heterocycles. The fourth-order valence-corrected chi connectivity index (χ4v) is 5.54. The van der Waals surface area contributed by atoms with Gasteiger partial charge in [-0.25, -0.2) is 0 Å². The van der Waals surface area contributed by atoms with Crippen LogP contribution >= 0.6 is 0 Å². The van der Waals surface area contributed by atoms with Crippen LogP contribution in [0.25, 0.3) is 0 Å². The Bertz CT molecular complexity index is 801. The number of nitrogens with one attached hydrogen (secondary N) is 1. The summed E-state index contributed by atoms with van der Waals surface area (Å²) in [5, 5.41) is 3.14. The number of rotatable bonds is 2. The van der Waals surface area contributed by atoms with Gasteiger partial charge in [0.15, 0.2) is 6.61 Å². The number of para-hydroxylation sites is 1. The van der Waals surface area contributed by atoms with Gasteiger partial charge in [0.2, 0.25) is 5.91 Å². The predicted molar refractivity (Wildman–Crippen MR) is 114 cm³/mol. The van der Waals surface area contributed by atoms with Crippen LogP contribution in [0.1, 0.15) is 56.4 Å². The van der Waals surface area contributed by atoms with Crippen LogP contribution < -0.4 is 10.1 Å². The third-order valence-corrected chi connectivity index (χ3v) is 7.30. The van der Waals surface area contributed by atoms with Crippen molar-refractivity contribution in [3.05, 3.63) is 29.8 Å². The predicted octanol–water partition coefficient (Wildman–Crippen LogP) is 2.39. The number of carbonyl (C=O) groups is 2. The summed E-state index contributed by atoms with van der Waals surface area (Å²) < 4.78 is 17.9. The number of hydrogen-bond donors (Lipinski definition) is 1. The zero-order valence-electron chi connectivity index (χ0n) is 18.0. The third kappa shape index (κ3) is 4.44. The molecule has 1 aliphatic carbocycles. The van der Waals surface area contributed by atoms with Crippen molar-refractivity contribution in [1.82, 2.24) is 10.2 Å². The summed E-state index contributed by atoms with van der Waals surface area (Å²) in [7, 11) is 0. The summed E-state index contributed by atoms with van der Waals surface area (Å²) in [6, 6.07) is 7.82. The van der Waals surface area contributed by atoms with Crippen LogP contribution in [-0.2, 0) is 19.1 Å². The van der Waals surface area contributed by atoms with Gasteiger partial charge in [-0.15, -0.1) is 0 Å². The molecule has 1 aromatic rings. The minimum absolute atomic E-state index is 0.00998. The van der Waals surface area contributed by atoms with Crippen LogP contribution in [0.5, 0.6) is 5.75 Å². The molecule has 4 heterocycles. The molecule has 168 valence electrons. The second-order valence-corrected chi connectivity index (χ2v) is 9.19. The molecular formula is C24H32N2O5. The van der Waals surface area contributed by atoms with Crippen molar-refractivity contribution < 1.29 is 23.8 Å². The lowest BCUT2D eigenvalue weighted by molar-refractivity contribution is -0.137. The van der Waals surface area contributed by atoms with Gasteiger partial charge in [0.1, 0.15) is 11.9 Å². The lowest BCUT2D eigenvalue weighted by Gasteiger charge is -2.32. The van der Waals surface area contributed by atoms with Crippen molar-refractivity contribution in [3.63, 3.8) is 0 Å². The first kappa shape index (κ1) is 20.8. The van der Waals surface area contributed by atoms with E-state index in [4.69, 9.17) is 14.2 Å². The zero-order valence-corrected chi connectivity index (χ0v) is 18.0. The number of ether oxygens (including phenoxy) is 3. The molecule has 2 bridgehead atoms. The highest BCUT2D eigenvalue weighted by molar-refractivity contribution is 5.82. The summed E-state index contributed by atoms with van der Waals surface area (Å²) in [4.78, 5) is 27.6. The van der Waals surface area contributed by atoms with E-state index in [1.165, 1.54) is 5.56 Å². The molecule has 1 N–H and O–H groups in total. The number of carbonyl (C=O) groups excluding carboxylic acids is 2. The highest BCUT2D eigenvalue weighted by atomic mass is 16.5. The maximum atomic E-state index is 13.1. The van der Waals surface area contributed by atoms with Crippen LogP contribution in [0.2, 0.25) is 0 Å². The molecule has 3 fully saturated rings. The molecule has 0 spiro atoms. The second-order valence-electron chi connectivity index (χ2n) is 9.19. The maximum absolute atomic E-state index is 13.1. The Hall–Kier alpha value is -2.12. The average Bonchev–Trinajstić information content (AvgIpc) is 3.47. The van der Waals surface area contributed by atoms with E-state index < -0.39 is 0 Å². The lowest BCUT2D eigenvalue weighted by Crippen LogP contribution is -2.52. The van der Waals surface area contributed by atoms with Crippen molar-refractivity contribution >= 4 is 11.8 Å². The Morgan fingerprint density at radius 1 is 1.03 bits per heavy atom. The number of fused-ring (bicyclic) bond motifs is 5. The van der Waals surface area contributed by atoms with Gasteiger partial charge in [0.05, 0.1) is 24.8 Å². The fraction of sp³-hybridized carbons (Fsp3) is 0.667. The van der Waals surface area contributed by atoms with Gasteiger partial charge in [-0.3, -0.25) is 9.59 Å². The maximum Gasteiger partial charge on any atom is 0.260 e. The summed E-state index contributed by atoms with van der Waals surface area (Å²) in [5.74, 6) is 1.15. The number of benzene rings is 1. The molecule has 0 radical (unpaired) electrons. The molecule has 6 rings (SSSR count). The van der Waals surface area contributed by atoms with E-state index in [1.807, 2.05) is 23.1 Å². The first-order chi connectivity index (χ1) is 15.2. The molecule has 1 saturated carbocycles. The topological polar surface area (TPSA) is 77.1 Å². The van der Waals surface area contributed by atoms with Crippen LogP contribution in [0.3, 0.4) is 0 Å². The molecule has 2 saturated heterocycles. The molecule has 3 atom stereocenters. The first-order valence-corrected chi connectivity index (χ1v) is 11.7. The molecule has 7 heteroatoms. The van der Waals surface area contributed by atoms with Gasteiger partial charge < -0.3 is 24.4 Å². The van der Waals surface area contributed by atoms with Crippen LogP contribution in [-0.4, -0.2) is 67.4 Å². The molecule has 2 unspecified atom stereocenters. The molecule has 2 amide bonds. The minimum atomic E-state index is -0.365. The Kier molecular flexibility index (Phi) is 6.14. The fourth-order valence-electron chi connectivity index (χ4n) is 5.54. The monoisotopic (exact) mass is 428 g/mol. The van der Waals surface area contributed by atoms with E-state index in [0.717, 1.165) is 50.7 Å². The van der Waals surface area contributed by atoms with E-state index in [9.17, 15) is 9.59 Å². The summed E-state index contributed by atoms with van der Waals surface area (Å²) in [6.07, 6.45) is 6.38. The van der Waals surface area contributed by atoms with Crippen molar-refractivity contribution in [2.24, 2.45) is 0 Å². The summed E-state index contributed by atoms with van der Waals surface area (Å²) in [6.45, 7) is 1.70. The Labute approximate surface area is 183 Å². The summed E-state index contributed by atoms with van der Waals surface area (Å²) >= 11 is 0. The van der Waals surface area contributed by atoms with E-state index in [1.54, 1.807) is 0 Å². The van der Waals surface area contributed by atoms with Gasteiger partial charge in [0.25, 0.3) is 5.91 Å². The third-order valence-electron chi connectivity index (χ3n) is 7.30. The van der Waals surface area contributed by atoms with Crippen LogP contribution in [0.15, 0.2) is 24.3 Å². The van der Waals surface area contributed by atoms with E-state index in [2.05, 4.69) is 11.4 Å². The van der Waals surface area contributed by atoms with Crippen LogP contribution in [0, 0.1) is 0 Å². The van der Waals surface area contributed by atoms with Crippen LogP contribution in [0.4, 0.5) is 0 Å². The molecule has 31 heavy (non-hydrogen) atoms. The number of nitrogens with zero attached hydrogens (tertiary/aromatic N) is 1. The highest BCUT2D eigenvalue weighted by Crippen LogP contribution is 2.39. The van der Waals surface area contributed by atoms with Gasteiger partial charge in [-0.1, -0.05) is 18.2 Å². The largest absolute Gasteiger partial charge is 0.483 e. The SMILES string of the molecule is O=C(N[C@H]1CCN2C(=O)COc3ccccc3C3CCC(CC3)OCC12)C1CCCO1. The minimum Gasteiger partial charge on any atom is -0.483 e. The Balaban J connectivity index is 1.34. The number of amides is 2. The highest BCUT2D eigenvalue weighted by Gasteiger charge is 2.40. The molecule has 5 aliphatic rings. The van der Waals surface area contributed by atoms with Crippen molar-refractivity contribution in [2.75, 3.05) is 26.4 Å². The van der Waals surface area contributed by atoms with Gasteiger partial charge in [-0.05, 0) is 62.5 Å². The van der Waals surface area contributed by atoms with E-state index in [0.29, 0.717) is 25.7 Å². The average molecular weight is 429 g/mol. The standard InChI is InChI=1S/C24H32N2O5/c27-23-15-31-21-5-2-1-4-18(21)16-7-9-17(10-8-16)30-14-20-19(11-12-26(20)23)25-24(28)22-6-3-13-29-22/h1-2,4-5,16-17,19-20,22H,3,6-15H2,(H,25,28)/t16?,17?,19-,20?,22?/m0/s1. The quantitative estimate of drug-likeness (QED) is 0.783. The van der Waals surface area contributed by atoms with Crippen molar-refractivity contribution in [3.8, 4) is 5.75 Å². The lowest BCUT2D eigenvalue weighted by atomic mass is 9.82. The molecule has 0 aromatic heterocycles. The Morgan fingerprint density at radius 3 is 2.68 bits per heavy atom. The van der Waals surface area contributed by atoms with E-state index >= 15 is 0 Å². The smallest absolute Gasteiger partial charge is 0.260 e. The normalized spacial score (nSPS) is 33.5. The molecular weight excluding hydrogens is 396 g/mol. The van der Waals surface area contributed by atoms with Gasteiger partial charge >= 0.3 is 0 Å². The Morgan fingerprint density at radius 2 is 1.87 bits per heavy atom. The molecule has 7 nitrogen and oxygen atoms in total. The van der Waals surface area contributed by atoms with Gasteiger partial charge in [-0.2, -0.15) is 0 Å². The van der Waals surface area contributed by atoms with E-state index in [-0.39, 0.29) is 42.7 Å². The summed E-state index contributed by atoms with van der Waals surface area (Å²) in [5.41, 5.74) is 1.20. The number of hydrogen-bond acceptors (Lipinski definition) is 5. The van der Waals surface area contributed by atoms with Crippen molar-refractivity contribution in [1.29, 1.82) is 0 Å². The second kappa shape index (κ2) is 9.17. The van der Waals surface area contributed by atoms with Gasteiger partial charge in [0, 0.05) is 13.2 Å². The van der Waals surface area contributed by atoms with Crippen molar-refractivity contribution in [2.45, 2.75) is 75.2 Å². The zero-order chi connectivity index (χ0) is 21.2. The molecule has 1 aromatic carbocycles. The first-order valence-electron chi connectivity index (χ1n) is 11.7.